The standard InChI is InChI=1S/C26H26N4O5S/c31-30(32)24-12-6-7-13-25(24)36(33,34)28-16-14-20(15-17-28)18-29-23-11-5-4-10-22(23)27-26(29)19-35-21-8-2-1-3-9-21/h1-13,20H,14-19H2. The monoisotopic (exact) mass is 506 g/mol. The number of sulfonamides is 1. The smallest absolute Gasteiger partial charge is 0.289 e. The van der Waals surface area contributed by atoms with Crippen LogP contribution in [0.5, 0.6) is 5.75 Å². The molecule has 186 valence electrons. The lowest BCUT2D eigenvalue weighted by Crippen LogP contribution is -2.39. The topological polar surface area (TPSA) is 108 Å². The van der Waals surface area contributed by atoms with E-state index in [4.69, 9.17) is 9.72 Å². The van der Waals surface area contributed by atoms with Crippen LogP contribution in [-0.4, -0.2) is 40.3 Å². The van der Waals surface area contributed by atoms with Crippen LogP contribution in [0.4, 0.5) is 5.69 Å². The summed E-state index contributed by atoms with van der Waals surface area (Å²) in [5, 5.41) is 11.4. The Kier molecular flexibility index (Phi) is 6.71. The van der Waals surface area contributed by atoms with Gasteiger partial charge < -0.3 is 9.30 Å². The number of nitro benzene ring substituents is 1. The van der Waals surface area contributed by atoms with E-state index in [0.29, 0.717) is 39.1 Å². The van der Waals surface area contributed by atoms with E-state index in [9.17, 15) is 18.5 Å². The minimum Gasteiger partial charge on any atom is -0.486 e. The third kappa shape index (κ3) is 4.82. The van der Waals surface area contributed by atoms with Crippen LogP contribution in [-0.2, 0) is 23.2 Å². The molecule has 0 N–H and O–H groups in total. The zero-order valence-corrected chi connectivity index (χ0v) is 20.4. The van der Waals surface area contributed by atoms with E-state index in [1.54, 1.807) is 0 Å². The highest BCUT2D eigenvalue weighted by molar-refractivity contribution is 7.89. The number of imidazole rings is 1. The maximum atomic E-state index is 13.2. The molecule has 1 aromatic heterocycles. The normalized spacial score (nSPS) is 15.2. The number of hydrogen-bond acceptors (Lipinski definition) is 6. The number of hydrogen-bond donors (Lipinski definition) is 0. The summed E-state index contributed by atoms with van der Waals surface area (Å²) in [6.45, 7) is 1.63. The quantitative estimate of drug-likeness (QED) is 0.255. The van der Waals surface area contributed by atoms with Gasteiger partial charge in [-0.2, -0.15) is 4.31 Å². The lowest BCUT2D eigenvalue weighted by atomic mass is 9.98. The number of para-hydroxylation sites is 4. The Hall–Kier alpha value is -3.76. The minimum atomic E-state index is -3.95. The first kappa shape index (κ1) is 24.0. The van der Waals surface area contributed by atoms with Gasteiger partial charge in [-0.05, 0) is 49.1 Å². The van der Waals surface area contributed by atoms with Crippen LogP contribution < -0.4 is 4.74 Å². The molecule has 1 saturated heterocycles. The first-order valence-corrected chi connectivity index (χ1v) is 13.2. The van der Waals surface area contributed by atoms with Gasteiger partial charge in [0.1, 0.15) is 18.2 Å². The van der Waals surface area contributed by atoms with Crippen LogP contribution >= 0.6 is 0 Å². The van der Waals surface area contributed by atoms with Crippen molar-refractivity contribution >= 4 is 26.7 Å². The molecular formula is C26H26N4O5S. The number of nitro groups is 1. The zero-order valence-electron chi connectivity index (χ0n) is 19.6. The highest BCUT2D eigenvalue weighted by atomic mass is 32.2. The van der Waals surface area contributed by atoms with Gasteiger partial charge in [0, 0.05) is 25.7 Å². The number of ether oxygens (including phenoxy) is 1. The van der Waals surface area contributed by atoms with Gasteiger partial charge in [-0.25, -0.2) is 13.4 Å². The molecule has 0 amide bonds. The molecule has 0 unspecified atom stereocenters. The van der Waals surface area contributed by atoms with Crippen molar-refractivity contribution in [1.29, 1.82) is 0 Å². The fourth-order valence-corrected chi connectivity index (χ4v) is 6.29. The van der Waals surface area contributed by atoms with Crippen molar-refractivity contribution in [2.45, 2.75) is 30.9 Å². The molecule has 5 rings (SSSR count). The van der Waals surface area contributed by atoms with Gasteiger partial charge in [0.15, 0.2) is 4.90 Å². The van der Waals surface area contributed by atoms with E-state index in [1.165, 1.54) is 28.6 Å². The summed E-state index contributed by atoms with van der Waals surface area (Å²) in [7, 11) is -3.95. The number of rotatable bonds is 8. The number of fused-ring (bicyclic) bond motifs is 1. The lowest BCUT2D eigenvalue weighted by Gasteiger charge is -2.31. The molecule has 36 heavy (non-hydrogen) atoms. The molecule has 0 saturated carbocycles. The molecule has 0 radical (unpaired) electrons. The fraction of sp³-hybridized carbons (Fsp3) is 0.269. The molecule has 3 aromatic carbocycles. The molecule has 0 spiro atoms. The Bertz CT molecular complexity index is 1480. The van der Waals surface area contributed by atoms with Crippen LogP contribution in [0.3, 0.4) is 0 Å². The lowest BCUT2D eigenvalue weighted by molar-refractivity contribution is -0.387. The summed E-state index contributed by atoms with van der Waals surface area (Å²) in [4.78, 5) is 15.2. The van der Waals surface area contributed by atoms with E-state index >= 15 is 0 Å². The average Bonchev–Trinajstić information content (AvgIpc) is 3.25. The van der Waals surface area contributed by atoms with Gasteiger partial charge in [0.2, 0.25) is 10.0 Å². The summed E-state index contributed by atoms with van der Waals surface area (Å²) >= 11 is 0. The molecule has 0 aliphatic carbocycles. The molecule has 0 atom stereocenters. The van der Waals surface area contributed by atoms with E-state index in [2.05, 4.69) is 4.57 Å². The third-order valence-corrected chi connectivity index (χ3v) is 8.48. The predicted octanol–water partition coefficient (Wildman–Crippen LogP) is 4.62. The summed E-state index contributed by atoms with van der Waals surface area (Å²) < 4.78 is 35.8. The Morgan fingerprint density at radius 1 is 0.944 bits per heavy atom. The maximum absolute atomic E-state index is 13.2. The van der Waals surface area contributed by atoms with Crippen molar-refractivity contribution < 1.29 is 18.1 Å². The third-order valence-electron chi connectivity index (χ3n) is 6.54. The second-order valence-corrected chi connectivity index (χ2v) is 10.7. The Morgan fingerprint density at radius 2 is 1.61 bits per heavy atom. The molecule has 4 aromatic rings. The number of piperidine rings is 1. The molecule has 1 aliphatic rings. The summed E-state index contributed by atoms with van der Waals surface area (Å²) in [6.07, 6.45) is 1.29. The van der Waals surface area contributed by atoms with Crippen molar-refractivity contribution in [2.24, 2.45) is 5.92 Å². The van der Waals surface area contributed by atoms with Gasteiger partial charge >= 0.3 is 0 Å². The molecule has 9 nitrogen and oxygen atoms in total. The molecular weight excluding hydrogens is 480 g/mol. The molecule has 1 aliphatic heterocycles. The van der Waals surface area contributed by atoms with Gasteiger partial charge in [-0.15, -0.1) is 0 Å². The molecule has 1 fully saturated rings. The van der Waals surface area contributed by atoms with Crippen molar-refractivity contribution in [3.63, 3.8) is 0 Å². The zero-order chi connectivity index (χ0) is 25.1. The van der Waals surface area contributed by atoms with Gasteiger partial charge in [-0.3, -0.25) is 10.1 Å². The maximum Gasteiger partial charge on any atom is 0.289 e. The molecule has 10 heteroatoms. The Balaban J connectivity index is 1.31. The van der Waals surface area contributed by atoms with Gasteiger partial charge in [0.25, 0.3) is 5.69 Å². The molecule has 0 bridgehead atoms. The Labute approximate surface area is 209 Å². The Morgan fingerprint density at radius 3 is 2.36 bits per heavy atom. The average molecular weight is 507 g/mol. The number of nitrogens with zero attached hydrogens (tertiary/aromatic N) is 4. The number of benzene rings is 3. The first-order valence-electron chi connectivity index (χ1n) is 11.8. The van der Waals surface area contributed by atoms with E-state index in [0.717, 1.165) is 22.6 Å². The summed E-state index contributed by atoms with van der Waals surface area (Å²) in [5.74, 6) is 1.81. The van der Waals surface area contributed by atoms with E-state index < -0.39 is 20.6 Å². The SMILES string of the molecule is O=[N+]([O-])c1ccccc1S(=O)(=O)N1CCC(Cn2c(COc3ccccc3)nc3ccccc32)CC1. The second-order valence-electron chi connectivity index (χ2n) is 8.80. The van der Waals surface area contributed by atoms with Crippen LogP contribution in [0.1, 0.15) is 18.7 Å². The van der Waals surface area contributed by atoms with Crippen LogP contribution in [0.15, 0.2) is 83.8 Å². The van der Waals surface area contributed by atoms with Crippen LogP contribution in [0.25, 0.3) is 11.0 Å². The van der Waals surface area contributed by atoms with Crippen molar-refractivity contribution in [3.8, 4) is 5.75 Å². The van der Waals surface area contributed by atoms with Crippen molar-refractivity contribution in [3.05, 3.63) is 94.8 Å². The summed E-state index contributed by atoms with van der Waals surface area (Å²) in [6, 6.07) is 23.0. The van der Waals surface area contributed by atoms with Crippen molar-refractivity contribution in [1.82, 2.24) is 13.9 Å². The van der Waals surface area contributed by atoms with E-state index in [-0.39, 0.29) is 10.8 Å². The highest BCUT2D eigenvalue weighted by Gasteiger charge is 2.34. The second kappa shape index (κ2) is 10.1. The minimum absolute atomic E-state index is 0.232. The molecule has 2 heterocycles. The highest BCUT2D eigenvalue weighted by Crippen LogP contribution is 2.31. The largest absolute Gasteiger partial charge is 0.486 e. The summed E-state index contributed by atoms with van der Waals surface area (Å²) in [5.41, 5.74) is 1.51. The van der Waals surface area contributed by atoms with Crippen molar-refractivity contribution in [2.75, 3.05) is 13.1 Å². The van der Waals surface area contributed by atoms with Gasteiger partial charge in [0.05, 0.1) is 16.0 Å². The van der Waals surface area contributed by atoms with Gasteiger partial charge in [-0.1, -0.05) is 42.5 Å². The van der Waals surface area contributed by atoms with Crippen LogP contribution in [0, 0.1) is 16.0 Å². The fourth-order valence-electron chi connectivity index (χ4n) is 4.66. The van der Waals surface area contributed by atoms with E-state index in [1.807, 2.05) is 54.6 Å². The number of aromatic nitrogens is 2. The predicted molar refractivity (Wildman–Crippen MR) is 135 cm³/mol. The first-order chi connectivity index (χ1) is 17.4. The van der Waals surface area contributed by atoms with Crippen LogP contribution in [0.2, 0.25) is 0 Å².